The molecule has 1 aromatic heterocycles. The molecule has 5 nitrogen and oxygen atoms in total. The van der Waals surface area contributed by atoms with Crippen LogP contribution in [0.25, 0.3) is 0 Å². The fourth-order valence-corrected chi connectivity index (χ4v) is 2.94. The second kappa shape index (κ2) is 4.97. The Labute approximate surface area is 96.7 Å². The monoisotopic (exact) mass is 245 g/mol. The van der Waals surface area contributed by atoms with Crippen molar-refractivity contribution in [1.82, 2.24) is 14.9 Å². The SMILES string of the molecule is CCC(C)CNS(=O)(=O)c1c(C)n[nH]c1C. The lowest BCUT2D eigenvalue weighted by Crippen LogP contribution is -2.29. The average Bonchev–Trinajstić information content (AvgIpc) is 2.55. The first-order valence-electron chi connectivity index (χ1n) is 5.39. The maximum Gasteiger partial charge on any atom is 0.244 e. The van der Waals surface area contributed by atoms with Crippen LogP contribution in [0.1, 0.15) is 31.7 Å². The van der Waals surface area contributed by atoms with Crippen LogP contribution >= 0.6 is 0 Å². The van der Waals surface area contributed by atoms with E-state index in [1.807, 2.05) is 13.8 Å². The Balaban J connectivity index is 2.87. The van der Waals surface area contributed by atoms with Gasteiger partial charge < -0.3 is 0 Å². The molecule has 0 fully saturated rings. The zero-order valence-corrected chi connectivity index (χ0v) is 11.0. The van der Waals surface area contributed by atoms with Gasteiger partial charge in [-0.05, 0) is 19.8 Å². The number of H-pyrrole nitrogens is 1. The molecular formula is C10H19N3O2S. The van der Waals surface area contributed by atoms with E-state index in [2.05, 4.69) is 14.9 Å². The number of aromatic nitrogens is 2. The van der Waals surface area contributed by atoms with Gasteiger partial charge in [0, 0.05) is 6.54 Å². The lowest BCUT2D eigenvalue weighted by molar-refractivity contribution is 0.528. The van der Waals surface area contributed by atoms with E-state index < -0.39 is 10.0 Å². The fourth-order valence-electron chi connectivity index (χ4n) is 1.41. The number of sulfonamides is 1. The van der Waals surface area contributed by atoms with E-state index in [-0.39, 0.29) is 4.90 Å². The molecule has 92 valence electrons. The van der Waals surface area contributed by atoms with Crippen LogP contribution in [0, 0.1) is 19.8 Å². The zero-order valence-electron chi connectivity index (χ0n) is 10.2. The summed E-state index contributed by atoms with van der Waals surface area (Å²) in [6, 6.07) is 0. The summed E-state index contributed by atoms with van der Waals surface area (Å²) in [5.74, 6) is 0.335. The molecule has 16 heavy (non-hydrogen) atoms. The summed E-state index contributed by atoms with van der Waals surface area (Å²) in [7, 11) is -3.43. The lowest BCUT2D eigenvalue weighted by atomic mass is 10.1. The van der Waals surface area contributed by atoms with Crippen molar-refractivity contribution < 1.29 is 8.42 Å². The van der Waals surface area contributed by atoms with Gasteiger partial charge in [0.25, 0.3) is 0 Å². The van der Waals surface area contributed by atoms with E-state index in [1.165, 1.54) is 0 Å². The molecule has 0 saturated heterocycles. The summed E-state index contributed by atoms with van der Waals surface area (Å²) in [5.41, 5.74) is 1.09. The molecule has 0 spiro atoms. The summed E-state index contributed by atoms with van der Waals surface area (Å²) in [4.78, 5) is 0.274. The molecule has 1 unspecified atom stereocenters. The summed E-state index contributed by atoms with van der Waals surface area (Å²) in [5, 5.41) is 6.56. The van der Waals surface area contributed by atoms with Gasteiger partial charge in [0.05, 0.1) is 11.4 Å². The largest absolute Gasteiger partial charge is 0.281 e. The average molecular weight is 245 g/mol. The number of nitrogens with zero attached hydrogens (tertiary/aromatic N) is 1. The molecule has 1 aromatic rings. The van der Waals surface area contributed by atoms with E-state index in [4.69, 9.17) is 0 Å². The van der Waals surface area contributed by atoms with Crippen LogP contribution in [-0.4, -0.2) is 25.2 Å². The first kappa shape index (κ1) is 13.2. The Morgan fingerprint density at radius 1 is 1.44 bits per heavy atom. The Hall–Kier alpha value is -0.880. The highest BCUT2D eigenvalue weighted by Crippen LogP contribution is 2.16. The van der Waals surface area contributed by atoms with Gasteiger partial charge in [-0.1, -0.05) is 20.3 Å². The minimum Gasteiger partial charge on any atom is -0.281 e. The second-order valence-electron chi connectivity index (χ2n) is 4.13. The molecule has 0 amide bonds. The predicted octanol–water partition coefficient (Wildman–Crippen LogP) is 1.35. The third-order valence-corrected chi connectivity index (χ3v) is 4.33. The van der Waals surface area contributed by atoms with Crippen molar-refractivity contribution in [3.05, 3.63) is 11.4 Å². The third-order valence-electron chi connectivity index (χ3n) is 2.65. The second-order valence-corrected chi connectivity index (χ2v) is 5.83. The van der Waals surface area contributed by atoms with Gasteiger partial charge >= 0.3 is 0 Å². The van der Waals surface area contributed by atoms with Crippen molar-refractivity contribution >= 4 is 10.0 Å². The highest BCUT2D eigenvalue weighted by atomic mass is 32.2. The molecule has 0 bridgehead atoms. The normalized spacial score (nSPS) is 14.0. The Morgan fingerprint density at radius 2 is 2.06 bits per heavy atom. The van der Waals surface area contributed by atoms with Gasteiger partial charge in [-0.3, -0.25) is 5.10 Å². The van der Waals surface area contributed by atoms with Crippen molar-refractivity contribution in [2.24, 2.45) is 5.92 Å². The van der Waals surface area contributed by atoms with Crippen molar-refractivity contribution in [3.63, 3.8) is 0 Å². The number of hydrogen-bond acceptors (Lipinski definition) is 3. The summed E-state index contributed by atoms with van der Waals surface area (Å²) in [6.45, 7) is 7.90. The van der Waals surface area contributed by atoms with Crippen molar-refractivity contribution in [1.29, 1.82) is 0 Å². The maximum absolute atomic E-state index is 12.0. The topological polar surface area (TPSA) is 74.8 Å². The molecule has 0 aliphatic heterocycles. The first-order chi connectivity index (χ1) is 7.38. The van der Waals surface area contributed by atoms with Crippen LogP contribution in [0.3, 0.4) is 0 Å². The summed E-state index contributed by atoms with van der Waals surface area (Å²) < 4.78 is 26.6. The van der Waals surface area contributed by atoms with E-state index >= 15 is 0 Å². The minimum absolute atomic E-state index is 0.274. The molecular weight excluding hydrogens is 226 g/mol. The van der Waals surface area contributed by atoms with Crippen LogP contribution in [-0.2, 0) is 10.0 Å². The quantitative estimate of drug-likeness (QED) is 0.822. The number of aryl methyl sites for hydroxylation is 2. The number of rotatable bonds is 5. The van der Waals surface area contributed by atoms with Crippen LogP contribution in [0.2, 0.25) is 0 Å². The number of nitrogens with one attached hydrogen (secondary N) is 2. The molecule has 0 aliphatic carbocycles. The van der Waals surface area contributed by atoms with Crippen molar-refractivity contribution in [2.75, 3.05) is 6.54 Å². The Morgan fingerprint density at radius 3 is 2.50 bits per heavy atom. The number of hydrogen-bond donors (Lipinski definition) is 2. The zero-order chi connectivity index (χ0) is 12.3. The van der Waals surface area contributed by atoms with E-state index in [9.17, 15) is 8.42 Å². The third kappa shape index (κ3) is 2.82. The number of aromatic amines is 1. The minimum atomic E-state index is -3.43. The van der Waals surface area contributed by atoms with Crippen LogP contribution in [0.4, 0.5) is 0 Å². The Kier molecular flexibility index (Phi) is 4.09. The smallest absolute Gasteiger partial charge is 0.244 e. The molecule has 0 saturated carbocycles. The fraction of sp³-hybridized carbons (Fsp3) is 0.700. The highest BCUT2D eigenvalue weighted by Gasteiger charge is 2.22. The van der Waals surface area contributed by atoms with Crippen molar-refractivity contribution in [3.8, 4) is 0 Å². The van der Waals surface area contributed by atoms with E-state index in [1.54, 1.807) is 13.8 Å². The standard InChI is InChI=1S/C10H19N3O2S/c1-5-7(2)6-11-16(14,15)10-8(3)12-13-9(10)4/h7,11H,5-6H2,1-4H3,(H,12,13). The van der Waals surface area contributed by atoms with Crippen LogP contribution in [0.15, 0.2) is 4.90 Å². The van der Waals surface area contributed by atoms with Gasteiger partial charge in [0.15, 0.2) is 0 Å². The van der Waals surface area contributed by atoms with Gasteiger partial charge in [-0.25, -0.2) is 13.1 Å². The van der Waals surface area contributed by atoms with Gasteiger partial charge in [0.2, 0.25) is 10.0 Å². The first-order valence-corrected chi connectivity index (χ1v) is 6.88. The predicted molar refractivity (Wildman–Crippen MR) is 62.7 cm³/mol. The highest BCUT2D eigenvalue weighted by molar-refractivity contribution is 7.89. The summed E-state index contributed by atoms with van der Waals surface area (Å²) >= 11 is 0. The lowest BCUT2D eigenvalue weighted by Gasteiger charge is -2.10. The van der Waals surface area contributed by atoms with E-state index in [0.29, 0.717) is 23.9 Å². The molecule has 0 aromatic carbocycles. The molecule has 0 aliphatic rings. The molecule has 1 rings (SSSR count). The molecule has 2 N–H and O–H groups in total. The van der Waals surface area contributed by atoms with Gasteiger partial charge in [0.1, 0.15) is 4.90 Å². The van der Waals surface area contributed by atoms with E-state index in [0.717, 1.165) is 6.42 Å². The molecule has 6 heteroatoms. The molecule has 1 heterocycles. The van der Waals surface area contributed by atoms with Crippen LogP contribution < -0.4 is 4.72 Å². The molecule has 1 atom stereocenters. The molecule has 0 radical (unpaired) electrons. The maximum atomic E-state index is 12.0. The Bertz CT molecular complexity index is 431. The van der Waals surface area contributed by atoms with Gasteiger partial charge in [-0.15, -0.1) is 0 Å². The van der Waals surface area contributed by atoms with Crippen molar-refractivity contribution in [2.45, 2.75) is 39.0 Å². The summed E-state index contributed by atoms with van der Waals surface area (Å²) in [6.07, 6.45) is 0.950. The van der Waals surface area contributed by atoms with Crippen LogP contribution in [0.5, 0.6) is 0 Å². The van der Waals surface area contributed by atoms with Gasteiger partial charge in [-0.2, -0.15) is 5.10 Å².